The van der Waals surface area contributed by atoms with Gasteiger partial charge in [0.2, 0.25) is 0 Å². The molecule has 0 saturated heterocycles. The van der Waals surface area contributed by atoms with Gasteiger partial charge in [-0.1, -0.05) is 13.3 Å². The standard InChI is InChI=1S/C18H20N2O6/c1-2-3-10-24-14-8-6-13(7-9-14)18(23)26-12-16(21)19-20-17(22)15-5-4-11-25-15/h4-9,11H,2-3,10,12H2,1H3,(H,19,21)(H,20,22). The first-order valence-corrected chi connectivity index (χ1v) is 8.13. The maximum absolute atomic E-state index is 11.9. The van der Waals surface area contributed by atoms with Crippen molar-refractivity contribution in [3.63, 3.8) is 0 Å². The number of hydrogen-bond donors (Lipinski definition) is 2. The van der Waals surface area contributed by atoms with Crippen LogP contribution in [0, 0.1) is 0 Å². The van der Waals surface area contributed by atoms with E-state index in [1.807, 2.05) is 0 Å². The zero-order valence-corrected chi connectivity index (χ0v) is 14.3. The summed E-state index contributed by atoms with van der Waals surface area (Å²) in [5.41, 5.74) is 4.55. The highest BCUT2D eigenvalue weighted by atomic mass is 16.5. The van der Waals surface area contributed by atoms with Crippen molar-refractivity contribution in [3.05, 3.63) is 54.0 Å². The molecule has 0 radical (unpaired) electrons. The van der Waals surface area contributed by atoms with E-state index in [-0.39, 0.29) is 5.76 Å². The maximum Gasteiger partial charge on any atom is 0.338 e. The second-order valence-electron chi connectivity index (χ2n) is 5.28. The molecule has 2 aromatic rings. The first-order valence-electron chi connectivity index (χ1n) is 8.13. The van der Waals surface area contributed by atoms with Crippen LogP contribution in [0.2, 0.25) is 0 Å². The monoisotopic (exact) mass is 360 g/mol. The quantitative estimate of drug-likeness (QED) is 0.424. The van der Waals surface area contributed by atoms with Crippen molar-refractivity contribution in [1.29, 1.82) is 0 Å². The molecule has 0 aliphatic carbocycles. The van der Waals surface area contributed by atoms with Crippen molar-refractivity contribution in [2.24, 2.45) is 0 Å². The molecule has 26 heavy (non-hydrogen) atoms. The third-order valence-corrected chi connectivity index (χ3v) is 3.25. The summed E-state index contributed by atoms with van der Waals surface area (Å²) in [6.07, 6.45) is 3.32. The number of unbranched alkanes of at least 4 members (excludes halogenated alkanes) is 1. The molecule has 0 atom stereocenters. The molecule has 1 heterocycles. The van der Waals surface area contributed by atoms with Crippen molar-refractivity contribution in [2.75, 3.05) is 13.2 Å². The average molecular weight is 360 g/mol. The largest absolute Gasteiger partial charge is 0.494 e. The van der Waals surface area contributed by atoms with E-state index in [4.69, 9.17) is 13.9 Å². The van der Waals surface area contributed by atoms with Gasteiger partial charge in [0.1, 0.15) is 5.75 Å². The molecule has 2 amide bonds. The second-order valence-corrected chi connectivity index (χ2v) is 5.28. The number of furan rings is 1. The van der Waals surface area contributed by atoms with Crippen molar-refractivity contribution < 1.29 is 28.3 Å². The second kappa shape index (κ2) is 9.87. The number of carbonyl (C=O) groups is 3. The summed E-state index contributed by atoms with van der Waals surface area (Å²) in [5, 5.41) is 0. The van der Waals surface area contributed by atoms with E-state index in [2.05, 4.69) is 17.8 Å². The lowest BCUT2D eigenvalue weighted by Crippen LogP contribution is -2.43. The molecule has 1 aromatic carbocycles. The number of nitrogens with one attached hydrogen (secondary N) is 2. The molecule has 2 N–H and O–H groups in total. The number of carbonyl (C=O) groups excluding carboxylic acids is 3. The minimum atomic E-state index is -0.683. The molecule has 0 aliphatic heterocycles. The molecule has 0 fully saturated rings. The highest BCUT2D eigenvalue weighted by molar-refractivity contribution is 5.94. The van der Waals surface area contributed by atoms with Gasteiger partial charge in [0.05, 0.1) is 18.4 Å². The zero-order valence-electron chi connectivity index (χ0n) is 14.3. The number of ether oxygens (including phenoxy) is 2. The van der Waals surface area contributed by atoms with Gasteiger partial charge < -0.3 is 13.9 Å². The normalized spacial score (nSPS) is 10.0. The van der Waals surface area contributed by atoms with Gasteiger partial charge in [-0.2, -0.15) is 0 Å². The summed E-state index contributed by atoms with van der Waals surface area (Å²) < 4.78 is 15.3. The van der Waals surface area contributed by atoms with Crippen LogP contribution in [0.3, 0.4) is 0 Å². The Balaban J connectivity index is 1.71. The van der Waals surface area contributed by atoms with Crippen LogP contribution in [0.5, 0.6) is 5.75 Å². The summed E-state index contributed by atoms with van der Waals surface area (Å²) in [5.74, 6) is -1.25. The van der Waals surface area contributed by atoms with E-state index in [9.17, 15) is 14.4 Å². The van der Waals surface area contributed by atoms with E-state index < -0.39 is 24.4 Å². The number of esters is 1. The van der Waals surface area contributed by atoms with E-state index in [1.165, 1.54) is 12.3 Å². The lowest BCUT2D eigenvalue weighted by Gasteiger charge is -2.08. The Morgan fingerprint density at radius 3 is 2.50 bits per heavy atom. The molecule has 138 valence electrons. The molecular weight excluding hydrogens is 340 g/mol. The smallest absolute Gasteiger partial charge is 0.338 e. The third kappa shape index (κ3) is 5.97. The molecule has 0 saturated carbocycles. The lowest BCUT2D eigenvalue weighted by molar-refractivity contribution is -0.125. The van der Waals surface area contributed by atoms with Gasteiger partial charge in [0.25, 0.3) is 5.91 Å². The summed E-state index contributed by atoms with van der Waals surface area (Å²) in [4.78, 5) is 35.1. The van der Waals surface area contributed by atoms with Crippen molar-refractivity contribution in [1.82, 2.24) is 10.9 Å². The highest BCUT2D eigenvalue weighted by Crippen LogP contribution is 2.13. The third-order valence-electron chi connectivity index (χ3n) is 3.25. The minimum Gasteiger partial charge on any atom is -0.494 e. The summed E-state index contributed by atoms with van der Waals surface area (Å²) in [6, 6.07) is 9.42. The van der Waals surface area contributed by atoms with Gasteiger partial charge in [0, 0.05) is 0 Å². The predicted molar refractivity (Wildman–Crippen MR) is 91.4 cm³/mol. The van der Waals surface area contributed by atoms with Crippen LogP contribution in [0.25, 0.3) is 0 Å². The fourth-order valence-electron chi connectivity index (χ4n) is 1.87. The Labute approximate surface area is 150 Å². The van der Waals surface area contributed by atoms with Crippen LogP contribution in [0.1, 0.15) is 40.7 Å². The highest BCUT2D eigenvalue weighted by Gasteiger charge is 2.12. The summed E-state index contributed by atoms with van der Waals surface area (Å²) in [6.45, 7) is 2.15. The Hall–Kier alpha value is -3.29. The van der Waals surface area contributed by atoms with Crippen molar-refractivity contribution >= 4 is 17.8 Å². The zero-order chi connectivity index (χ0) is 18.8. The van der Waals surface area contributed by atoms with Crippen LogP contribution in [0.15, 0.2) is 47.1 Å². The van der Waals surface area contributed by atoms with Crippen LogP contribution in [0.4, 0.5) is 0 Å². The van der Waals surface area contributed by atoms with E-state index in [0.29, 0.717) is 17.9 Å². The Kier molecular flexibility index (Phi) is 7.23. The molecule has 8 nitrogen and oxygen atoms in total. The maximum atomic E-state index is 11.9. The topological polar surface area (TPSA) is 107 Å². The average Bonchev–Trinajstić information content (AvgIpc) is 3.20. The number of benzene rings is 1. The SMILES string of the molecule is CCCCOc1ccc(C(=O)OCC(=O)NNC(=O)c2ccco2)cc1. The van der Waals surface area contributed by atoms with Gasteiger partial charge >= 0.3 is 11.9 Å². The number of hydrogen-bond acceptors (Lipinski definition) is 6. The van der Waals surface area contributed by atoms with Gasteiger partial charge in [-0.15, -0.1) is 0 Å². The molecule has 1 aromatic heterocycles. The molecule has 2 rings (SSSR count). The summed E-state index contributed by atoms with van der Waals surface area (Å²) in [7, 11) is 0. The molecule has 0 unspecified atom stereocenters. The number of rotatable bonds is 8. The lowest BCUT2D eigenvalue weighted by atomic mass is 10.2. The van der Waals surface area contributed by atoms with Crippen LogP contribution in [-0.2, 0) is 9.53 Å². The fraction of sp³-hybridized carbons (Fsp3) is 0.278. The van der Waals surface area contributed by atoms with Crippen LogP contribution < -0.4 is 15.6 Å². The fourth-order valence-corrected chi connectivity index (χ4v) is 1.87. The molecular formula is C18H20N2O6. The van der Waals surface area contributed by atoms with Gasteiger partial charge in [-0.3, -0.25) is 20.4 Å². The first-order chi connectivity index (χ1) is 12.6. The van der Waals surface area contributed by atoms with E-state index >= 15 is 0 Å². The number of hydrazine groups is 1. The van der Waals surface area contributed by atoms with Gasteiger partial charge in [-0.25, -0.2) is 4.79 Å². The number of amides is 2. The van der Waals surface area contributed by atoms with Crippen LogP contribution in [-0.4, -0.2) is 31.0 Å². The van der Waals surface area contributed by atoms with Crippen molar-refractivity contribution in [2.45, 2.75) is 19.8 Å². The van der Waals surface area contributed by atoms with Crippen molar-refractivity contribution in [3.8, 4) is 5.75 Å². The predicted octanol–water partition coefficient (Wildman–Crippen LogP) is 2.08. The van der Waals surface area contributed by atoms with Crippen LogP contribution >= 0.6 is 0 Å². The van der Waals surface area contributed by atoms with E-state index in [1.54, 1.807) is 30.3 Å². The summed E-state index contributed by atoms with van der Waals surface area (Å²) >= 11 is 0. The minimum absolute atomic E-state index is 0.0449. The van der Waals surface area contributed by atoms with Gasteiger partial charge in [-0.05, 0) is 42.8 Å². The van der Waals surface area contributed by atoms with E-state index in [0.717, 1.165) is 12.8 Å². The Morgan fingerprint density at radius 2 is 1.85 bits per heavy atom. The Morgan fingerprint density at radius 1 is 1.08 bits per heavy atom. The molecule has 0 spiro atoms. The molecule has 8 heteroatoms. The van der Waals surface area contributed by atoms with Gasteiger partial charge in [0.15, 0.2) is 12.4 Å². The Bertz CT molecular complexity index is 725. The molecule has 0 aliphatic rings. The molecule has 0 bridgehead atoms. The first kappa shape index (κ1) is 19.0.